The molecule has 40 heavy (non-hydrogen) atoms. The van der Waals surface area contributed by atoms with Crippen LogP contribution in [0.1, 0.15) is 39.5 Å². The van der Waals surface area contributed by atoms with Crippen molar-refractivity contribution in [1.82, 2.24) is 4.90 Å². The molecule has 1 atom stereocenters. The second kappa shape index (κ2) is 12.1. The van der Waals surface area contributed by atoms with Crippen molar-refractivity contribution >= 4 is 31.3 Å². The van der Waals surface area contributed by atoms with Crippen molar-refractivity contribution in [2.24, 2.45) is 0 Å². The molecule has 2 heterocycles. The Morgan fingerprint density at radius 2 is 1.70 bits per heavy atom. The van der Waals surface area contributed by atoms with Crippen molar-refractivity contribution in [2.45, 2.75) is 49.7 Å². The second-order valence-corrected chi connectivity index (χ2v) is 13.6. The van der Waals surface area contributed by atoms with Gasteiger partial charge < -0.3 is 19.7 Å². The number of benzene rings is 3. The van der Waals surface area contributed by atoms with Gasteiger partial charge in [-0.2, -0.15) is 0 Å². The molecule has 4 aromatic rings. The van der Waals surface area contributed by atoms with Crippen molar-refractivity contribution in [1.29, 1.82) is 0 Å². The molecule has 2 N–H and O–H groups in total. The number of aromatic hydroxyl groups is 2. The zero-order chi connectivity index (χ0) is 28.3. The number of phenols is 2. The van der Waals surface area contributed by atoms with E-state index in [1.807, 2.05) is 24.3 Å². The lowest BCUT2D eigenvalue weighted by Gasteiger charge is -2.26. The summed E-state index contributed by atoms with van der Waals surface area (Å²) in [6.45, 7) is 7.24. The smallest absolute Gasteiger partial charge is 0.184 e. The molecule has 1 aliphatic rings. The fraction of sp³-hybridized carbons (Fsp3) is 0.355. The lowest BCUT2D eigenvalue weighted by atomic mass is 10.1. The standard InChI is InChI=1S/C31H35NO6S2/c1-3-21(2)40(35,36)28-9-7-8-26(29(28)34)31-30(25-15-10-22(33)20-27(25)39-31)38-24-13-11-23(12-14-24)37-19-18-32-16-5-4-6-17-32/h7-15,20-21,33-34H,3-6,16-19H2,1-2H3. The van der Waals surface area contributed by atoms with Crippen LogP contribution in [0.25, 0.3) is 20.5 Å². The number of piperidine rings is 1. The van der Waals surface area contributed by atoms with Crippen LogP contribution in [-0.2, 0) is 9.84 Å². The Hall–Kier alpha value is -3.27. The Morgan fingerprint density at radius 1 is 0.975 bits per heavy atom. The van der Waals surface area contributed by atoms with Gasteiger partial charge >= 0.3 is 0 Å². The van der Waals surface area contributed by atoms with E-state index in [9.17, 15) is 18.6 Å². The van der Waals surface area contributed by atoms with Gasteiger partial charge in [-0.1, -0.05) is 19.4 Å². The SMILES string of the molecule is CCC(C)S(=O)(=O)c1cccc(-c2sc3cc(O)ccc3c2Oc2ccc(OCCN3CCCCC3)cc2)c1O. The first-order valence-corrected chi connectivity index (χ1v) is 16.1. The van der Waals surface area contributed by atoms with Crippen molar-refractivity contribution in [3.63, 3.8) is 0 Å². The van der Waals surface area contributed by atoms with Gasteiger partial charge in [0.1, 0.15) is 34.5 Å². The maximum absolute atomic E-state index is 13.1. The Kier molecular flexibility index (Phi) is 8.54. The van der Waals surface area contributed by atoms with E-state index in [0.29, 0.717) is 35.0 Å². The number of rotatable bonds is 10. The molecule has 0 aliphatic carbocycles. The number of fused-ring (bicyclic) bond motifs is 1. The average molecular weight is 582 g/mol. The molecular formula is C31H35NO6S2. The van der Waals surface area contributed by atoms with Crippen LogP contribution < -0.4 is 9.47 Å². The molecule has 1 saturated heterocycles. The molecule has 7 nitrogen and oxygen atoms in total. The summed E-state index contributed by atoms with van der Waals surface area (Å²) in [5.41, 5.74) is 0.359. The fourth-order valence-electron chi connectivity index (χ4n) is 4.91. The van der Waals surface area contributed by atoms with Gasteiger partial charge in [-0.05, 0) is 93.9 Å². The predicted octanol–water partition coefficient (Wildman–Crippen LogP) is 7.21. The van der Waals surface area contributed by atoms with Gasteiger partial charge in [-0.25, -0.2) is 8.42 Å². The molecule has 0 bridgehead atoms. The number of sulfone groups is 1. The third-order valence-electron chi connectivity index (χ3n) is 7.45. The normalized spacial score (nSPS) is 15.2. The summed E-state index contributed by atoms with van der Waals surface area (Å²) >= 11 is 1.32. The van der Waals surface area contributed by atoms with Gasteiger partial charge in [0.05, 0.1) is 10.1 Å². The number of nitrogens with zero attached hydrogens (tertiary/aromatic N) is 1. The summed E-state index contributed by atoms with van der Waals surface area (Å²) in [6.07, 6.45) is 4.24. The highest BCUT2D eigenvalue weighted by molar-refractivity contribution is 7.92. The minimum absolute atomic E-state index is 0.100. The number of hydrogen-bond donors (Lipinski definition) is 2. The van der Waals surface area contributed by atoms with Crippen molar-refractivity contribution in [3.05, 3.63) is 60.7 Å². The Bertz CT molecular complexity index is 1570. The van der Waals surface area contributed by atoms with E-state index in [2.05, 4.69) is 4.90 Å². The molecule has 9 heteroatoms. The highest BCUT2D eigenvalue weighted by Gasteiger charge is 2.28. The largest absolute Gasteiger partial charge is 0.508 e. The lowest BCUT2D eigenvalue weighted by Crippen LogP contribution is -2.33. The first kappa shape index (κ1) is 28.3. The first-order chi connectivity index (χ1) is 19.3. The molecule has 3 aromatic carbocycles. The third kappa shape index (κ3) is 5.92. The van der Waals surface area contributed by atoms with Gasteiger partial charge in [0, 0.05) is 22.2 Å². The van der Waals surface area contributed by atoms with Gasteiger partial charge in [0.2, 0.25) is 0 Å². The molecule has 0 radical (unpaired) electrons. The molecular weight excluding hydrogens is 546 g/mol. The molecule has 1 unspecified atom stereocenters. The van der Waals surface area contributed by atoms with Crippen LogP contribution in [0.2, 0.25) is 0 Å². The van der Waals surface area contributed by atoms with Gasteiger partial charge in [-0.3, -0.25) is 4.90 Å². The first-order valence-electron chi connectivity index (χ1n) is 13.7. The van der Waals surface area contributed by atoms with Crippen molar-refractivity contribution < 1.29 is 28.1 Å². The van der Waals surface area contributed by atoms with Crippen LogP contribution >= 0.6 is 11.3 Å². The molecule has 0 spiro atoms. The Balaban J connectivity index is 1.44. The Morgan fingerprint density at radius 3 is 2.42 bits per heavy atom. The average Bonchev–Trinajstić information content (AvgIpc) is 3.30. The molecule has 1 fully saturated rings. The minimum Gasteiger partial charge on any atom is -0.508 e. The number of para-hydroxylation sites is 1. The van der Waals surface area contributed by atoms with Crippen LogP contribution in [0.3, 0.4) is 0 Å². The number of phenolic OH excluding ortho intramolecular Hbond substituents is 2. The van der Waals surface area contributed by atoms with Crippen LogP contribution in [0.5, 0.6) is 28.7 Å². The zero-order valence-electron chi connectivity index (χ0n) is 22.8. The summed E-state index contributed by atoms with van der Waals surface area (Å²) in [6, 6.07) is 17.1. The summed E-state index contributed by atoms with van der Waals surface area (Å²) in [5.74, 6) is 1.61. The highest BCUT2D eigenvalue weighted by atomic mass is 32.2. The number of ether oxygens (including phenoxy) is 2. The van der Waals surface area contributed by atoms with Crippen molar-refractivity contribution in [3.8, 4) is 39.2 Å². The van der Waals surface area contributed by atoms with Gasteiger partial charge in [-0.15, -0.1) is 11.3 Å². The predicted molar refractivity (Wildman–Crippen MR) is 160 cm³/mol. The van der Waals surface area contributed by atoms with E-state index in [4.69, 9.17) is 9.47 Å². The fourth-order valence-corrected chi connectivity index (χ4v) is 7.62. The molecule has 1 aromatic heterocycles. The molecule has 1 aliphatic heterocycles. The van der Waals surface area contributed by atoms with Crippen LogP contribution in [0.4, 0.5) is 0 Å². The maximum atomic E-state index is 13.1. The van der Waals surface area contributed by atoms with E-state index in [1.54, 1.807) is 44.2 Å². The van der Waals surface area contributed by atoms with Gasteiger partial charge in [0.15, 0.2) is 15.6 Å². The monoisotopic (exact) mass is 581 g/mol. The lowest BCUT2D eigenvalue weighted by molar-refractivity contribution is 0.183. The van der Waals surface area contributed by atoms with E-state index in [0.717, 1.165) is 35.5 Å². The van der Waals surface area contributed by atoms with E-state index in [1.165, 1.54) is 36.7 Å². The van der Waals surface area contributed by atoms with Crippen molar-refractivity contribution in [2.75, 3.05) is 26.2 Å². The summed E-state index contributed by atoms with van der Waals surface area (Å²) in [5, 5.41) is 21.4. The van der Waals surface area contributed by atoms with Crippen LogP contribution in [0, 0.1) is 0 Å². The maximum Gasteiger partial charge on any atom is 0.184 e. The molecule has 0 amide bonds. The van der Waals surface area contributed by atoms with E-state index < -0.39 is 15.1 Å². The molecule has 5 rings (SSSR count). The number of hydrogen-bond acceptors (Lipinski definition) is 8. The summed E-state index contributed by atoms with van der Waals surface area (Å²) < 4.78 is 39.3. The minimum atomic E-state index is -3.72. The number of likely N-dealkylation sites (tertiary alicyclic amines) is 1. The summed E-state index contributed by atoms with van der Waals surface area (Å²) in [4.78, 5) is 2.90. The van der Waals surface area contributed by atoms with Gasteiger partial charge in [0.25, 0.3) is 0 Å². The van der Waals surface area contributed by atoms with Crippen LogP contribution in [-0.4, -0.2) is 55.0 Å². The zero-order valence-corrected chi connectivity index (χ0v) is 24.4. The van der Waals surface area contributed by atoms with Crippen LogP contribution in [0.15, 0.2) is 65.6 Å². The molecule has 0 saturated carbocycles. The Labute approximate surface area is 239 Å². The summed E-state index contributed by atoms with van der Waals surface area (Å²) in [7, 11) is -3.72. The highest BCUT2D eigenvalue weighted by Crippen LogP contribution is 2.50. The third-order valence-corrected chi connectivity index (χ3v) is 11.0. The topological polar surface area (TPSA) is 96.3 Å². The van der Waals surface area contributed by atoms with E-state index in [-0.39, 0.29) is 16.4 Å². The van der Waals surface area contributed by atoms with E-state index >= 15 is 0 Å². The number of thiophene rings is 1. The molecule has 212 valence electrons. The quantitative estimate of drug-likeness (QED) is 0.204. The second-order valence-electron chi connectivity index (χ2n) is 10.2.